The quantitative estimate of drug-likeness (QED) is 0.414. The molecule has 3 heterocycles. The Labute approximate surface area is 212 Å². The Morgan fingerprint density at radius 1 is 1.11 bits per heavy atom. The number of hydrogen-bond acceptors (Lipinski definition) is 9. The van der Waals surface area contributed by atoms with E-state index in [1.807, 2.05) is 0 Å². The minimum atomic E-state index is -4.91. The number of rotatable bonds is 7. The van der Waals surface area contributed by atoms with Gasteiger partial charge in [0.25, 0.3) is 0 Å². The predicted octanol–water partition coefficient (Wildman–Crippen LogP) is 2.70. The maximum Gasteiger partial charge on any atom is 0.416 e. The summed E-state index contributed by atoms with van der Waals surface area (Å²) < 4.78 is 40.5. The van der Waals surface area contributed by atoms with Gasteiger partial charge in [-0.2, -0.15) is 18.3 Å². The number of halogens is 5. The largest absolute Gasteiger partial charge is 0.416 e. The average molecular weight is 546 g/mol. The Hall–Kier alpha value is -2.97. The molecule has 0 saturated carbocycles. The van der Waals surface area contributed by atoms with Crippen molar-refractivity contribution in [2.45, 2.75) is 38.2 Å². The first kappa shape index (κ1) is 26.1. The topological polar surface area (TPSA) is 123 Å². The highest BCUT2D eigenvalue weighted by Crippen LogP contribution is 2.28. The van der Waals surface area contributed by atoms with Crippen LogP contribution in [0.15, 0.2) is 47.8 Å². The molecule has 4 rings (SSSR count). The van der Waals surface area contributed by atoms with Gasteiger partial charge in [0.05, 0.1) is 17.8 Å². The fraction of sp³-hybridized carbons (Fsp3) is 0.333. The lowest BCUT2D eigenvalue weighted by atomic mass is 10.2. The molecule has 2 aromatic heterocycles. The molecule has 0 aliphatic carbocycles. The minimum Gasteiger partial charge on any atom is -0.385 e. The molecular formula is C21H20Cl2F3N7O3. The van der Waals surface area contributed by atoms with Crippen molar-refractivity contribution in [1.82, 2.24) is 29.7 Å². The van der Waals surface area contributed by atoms with Crippen molar-refractivity contribution < 1.29 is 28.5 Å². The second-order valence-corrected chi connectivity index (χ2v) is 8.73. The highest BCUT2D eigenvalue weighted by Gasteiger charge is 2.43. The van der Waals surface area contributed by atoms with E-state index < -0.39 is 31.3 Å². The van der Waals surface area contributed by atoms with Crippen LogP contribution in [0.5, 0.6) is 0 Å². The minimum absolute atomic E-state index is 0.0204. The number of alkyl halides is 3. The monoisotopic (exact) mass is 545 g/mol. The molecule has 0 saturated heterocycles. The zero-order valence-electron chi connectivity index (χ0n) is 18.5. The SMILES string of the molecule is C[C@H](O)c1nc(CN2N=C(c3ccc(Cl)cc3)N(C[C@H](O)C(F)(F)F)C2O)nn1-c1cnccc1Cl. The lowest BCUT2D eigenvalue weighted by molar-refractivity contribution is -0.212. The van der Waals surface area contributed by atoms with Crippen LogP contribution in [0, 0.1) is 0 Å². The third-order valence-electron chi connectivity index (χ3n) is 5.22. The Bertz CT molecular complexity index is 1250. The molecule has 1 aliphatic heterocycles. The van der Waals surface area contributed by atoms with E-state index >= 15 is 0 Å². The molecule has 3 N–H and O–H groups in total. The molecule has 1 aliphatic rings. The third-order valence-corrected chi connectivity index (χ3v) is 5.79. The molecule has 0 radical (unpaired) electrons. The maximum absolute atomic E-state index is 13.1. The summed E-state index contributed by atoms with van der Waals surface area (Å²) >= 11 is 12.1. The summed E-state index contributed by atoms with van der Waals surface area (Å²) in [5, 5.41) is 41.0. The lowest BCUT2D eigenvalue weighted by Gasteiger charge is -2.29. The summed E-state index contributed by atoms with van der Waals surface area (Å²) in [5.41, 5.74) is 0.705. The molecule has 0 spiro atoms. The van der Waals surface area contributed by atoms with Crippen molar-refractivity contribution in [1.29, 1.82) is 0 Å². The van der Waals surface area contributed by atoms with E-state index in [2.05, 4.69) is 20.2 Å². The van der Waals surface area contributed by atoms with Gasteiger partial charge in [-0.15, -0.1) is 5.10 Å². The van der Waals surface area contributed by atoms with Crippen LogP contribution < -0.4 is 0 Å². The smallest absolute Gasteiger partial charge is 0.385 e. The molecule has 0 bridgehead atoms. The van der Waals surface area contributed by atoms with Crippen molar-refractivity contribution in [3.8, 4) is 5.69 Å². The molecule has 1 aromatic carbocycles. The van der Waals surface area contributed by atoms with Gasteiger partial charge in [0.2, 0.25) is 6.35 Å². The first-order chi connectivity index (χ1) is 17.0. The van der Waals surface area contributed by atoms with Crippen molar-refractivity contribution >= 4 is 29.0 Å². The van der Waals surface area contributed by atoms with Crippen LogP contribution in [0.3, 0.4) is 0 Å². The Morgan fingerprint density at radius 3 is 2.42 bits per heavy atom. The number of hydrazone groups is 1. The second kappa shape index (κ2) is 10.2. The Kier molecular flexibility index (Phi) is 7.38. The number of aromatic nitrogens is 4. The van der Waals surface area contributed by atoms with Crippen LogP contribution >= 0.6 is 23.2 Å². The fourth-order valence-electron chi connectivity index (χ4n) is 3.46. The van der Waals surface area contributed by atoms with Crippen LogP contribution in [0.2, 0.25) is 10.0 Å². The normalized spacial score (nSPS) is 17.9. The highest BCUT2D eigenvalue weighted by atomic mass is 35.5. The van der Waals surface area contributed by atoms with Crippen molar-refractivity contribution in [3.05, 3.63) is 70.0 Å². The number of benzene rings is 1. The molecule has 10 nitrogen and oxygen atoms in total. The van der Waals surface area contributed by atoms with E-state index in [0.29, 0.717) is 21.3 Å². The summed E-state index contributed by atoms with van der Waals surface area (Å²) in [6.07, 6.45) is -7.49. The standard InChI is InChI=1S/C21H20Cl2F3N7O3/c1-11(34)18-28-17(29-33(18)15-8-27-7-6-14(15)23)10-32-20(36)31(9-16(35)21(24,25)26)19(30-32)12-2-4-13(22)5-3-12/h2-8,11,16,20,34-36H,9-10H2,1H3/t11-,16-,20?/m0/s1. The third kappa shape index (κ3) is 5.39. The van der Waals surface area contributed by atoms with Gasteiger partial charge in [0, 0.05) is 16.8 Å². The maximum atomic E-state index is 13.1. The van der Waals surface area contributed by atoms with Crippen LogP contribution in [0.1, 0.15) is 30.2 Å². The number of aliphatic hydroxyl groups excluding tert-OH is 3. The first-order valence-electron chi connectivity index (χ1n) is 10.5. The van der Waals surface area contributed by atoms with Crippen LogP contribution in [0.4, 0.5) is 13.2 Å². The van der Waals surface area contributed by atoms with Gasteiger partial charge in [-0.1, -0.05) is 23.2 Å². The van der Waals surface area contributed by atoms with Crippen LogP contribution in [0.25, 0.3) is 5.69 Å². The first-order valence-corrected chi connectivity index (χ1v) is 11.3. The van der Waals surface area contributed by atoms with Crippen LogP contribution in [-0.4, -0.2) is 76.0 Å². The van der Waals surface area contributed by atoms with Crippen molar-refractivity contribution in [2.24, 2.45) is 5.10 Å². The molecule has 1 unspecified atom stereocenters. The average Bonchev–Trinajstić information content (AvgIpc) is 3.36. The number of nitrogens with zero attached hydrogens (tertiary/aromatic N) is 7. The number of hydrogen-bond donors (Lipinski definition) is 3. The predicted molar refractivity (Wildman–Crippen MR) is 123 cm³/mol. The molecule has 0 fully saturated rings. The van der Waals surface area contributed by atoms with Gasteiger partial charge in [-0.05, 0) is 37.3 Å². The van der Waals surface area contributed by atoms with Crippen molar-refractivity contribution in [2.75, 3.05) is 6.54 Å². The van der Waals surface area contributed by atoms with Gasteiger partial charge in [-0.3, -0.25) is 4.98 Å². The van der Waals surface area contributed by atoms with E-state index in [9.17, 15) is 28.5 Å². The second-order valence-electron chi connectivity index (χ2n) is 7.89. The summed E-state index contributed by atoms with van der Waals surface area (Å²) in [6, 6.07) is 7.60. The van der Waals surface area contributed by atoms with E-state index in [1.165, 1.54) is 54.3 Å². The van der Waals surface area contributed by atoms with Crippen LogP contribution in [-0.2, 0) is 6.54 Å². The number of β-amino-alcohol motifs (C(OH)–C–C–N with tert-alkyl or cyclic N) is 1. The highest BCUT2D eigenvalue weighted by molar-refractivity contribution is 6.32. The number of aliphatic hydroxyl groups is 3. The van der Waals surface area contributed by atoms with Gasteiger partial charge in [0.15, 0.2) is 23.6 Å². The zero-order chi connectivity index (χ0) is 26.2. The van der Waals surface area contributed by atoms with E-state index in [-0.39, 0.29) is 24.0 Å². The Morgan fingerprint density at radius 2 is 1.81 bits per heavy atom. The molecule has 192 valence electrons. The Balaban J connectivity index is 1.68. The molecule has 0 amide bonds. The summed E-state index contributed by atoms with van der Waals surface area (Å²) in [4.78, 5) is 9.19. The van der Waals surface area contributed by atoms with Gasteiger partial charge in [-0.25, -0.2) is 14.7 Å². The molecular weight excluding hydrogens is 526 g/mol. The van der Waals surface area contributed by atoms with E-state index in [4.69, 9.17) is 23.2 Å². The van der Waals surface area contributed by atoms with Gasteiger partial charge >= 0.3 is 6.18 Å². The van der Waals surface area contributed by atoms with Gasteiger partial charge in [0.1, 0.15) is 18.3 Å². The number of pyridine rings is 1. The molecule has 15 heteroatoms. The summed E-state index contributed by atoms with van der Waals surface area (Å²) in [6.45, 7) is 0.243. The molecule has 36 heavy (non-hydrogen) atoms. The summed E-state index contributed by atoms with van der Waals surface area (Å²) in [5.74, 6) is 0.190. The van der Waals surface area contributed by atoms with E-state index in [0.717, 1.165) is 9.91 Å². The molecule has 3 atom stereocenters. The molecule has 3 aromatic rings. The zero-order valence-corrected chi connectivity index (χ0v) is 20.1. The lowest BCUT2D eigenvalue weighted by Crippen LogP contribution is -2.49. The van der Waals surface area contributed by atoms with Crippen molar-refractivity contribution in [3.63, 3.8) is 0 Å². The summed E-state index contributed by atoms with van der Waals surface area (Å²) in [7, 11) is 0. The number of amidine groups is 1. The van der Waals surface area contributed by atoms with E-state index in [1.54, 1.807) is 0 Å². The van der Waals surface area contributed by atoms with Gasteiger partial charge < -0.3 is 20.2 Å². The fourth-order valence-corrected chi connectivity index (χ4v) is 3.78.